The molecule has 0 spiro atoms. The molecule has 3 N–H and O–H groups in total. The van der Waals surface area contributed by atoms with Gasteiger partial charge in [0.2, 0.25) is 0 Å². The normalized spacial score (nSPS) is 27.1. The van der Waals surface area contributed by atoms with Gasteiger partial charge >= 0.3 is 0 Å². The number of carbonyl (C=O) groups is 1. The van der Waals surface area contributed by atoms with Crippen LogP contribution in [0.25, 0.3) is 10.8 Å². The van der Waals surface area contributed by atoms with Crippen LogP contribution >= 0.6 is 0 Å². The van der Waals surface area contributed by atoms with Gasteiger partial charge in [0, 0.05) is 35.8 Å². The van der Waals surface area contributed by atoms with E-state index in [-0.39, 0.29) is 5.91 Å². The van der Waals surface area contributed by atoms with Crippen molar-refractivity contribution in [2.24, 2.45) is 5.92 Å². The summed E-state index contributed by atoms with van der Waals surface area (Å²) in [5.74, 6) is 0.656. The van der Waals surface area contributed by atoms with Crippen LogP contribution in [0.5, 0.6) is 0 Å². The summed E-state index contributed by atoms with van der Waals surface area (Å²) < 4.78 is 0. The van der Waals surface area contributed by atoms with Crippen molar-refractivity contribution in [3.8, 4) is 0 Å². The van der Waals surface area contributed by atoms with Gasteiger partial charge in [0.1, 0.15) is 0 Å². The Labute approximate surface area is 123 Å². The summed E-state index contributed by atoms with van der Waals surface area (Å²) in [6.45, 7) is 3.32. The second-order valence-electron chi connectivity index (χ2n) is 6.17. The molecule has 2 aromatic carbocycles. The largest absolute Gasteiger partial charge is 0.398 e. The molecule has 4 heteroatoms. The molecule has 2 fully saturated rings. The minimum absolute atomic E-state index is 0.0260. The highest BCUT2D eigenvalue weighted by Crippen LogP contribution is 2.28. The smallest absolute Gasteiger partial charge is 0.251 e. The van der Waals surface area contributed by atoms with E-state index in [1.165, 1.54) is 13.0 Å². The first-order chi connectivity index (χ1) is 10.2. The maximum atomic E-state index is 12.4. The Balaban J connectivity index is 1.57. The number of fused-ring (bicyclic) bond motifs is 3. The lowest BCUT2D eigenvalue weighted by Gasteiger charge is -2.23. The zero-order valence-electron chi connectivity index (χ0n) is 11.9. The molecule has 2 saturated heterocycles. The van der Waals surface area contributed by atoms with Crippen LogP contribution in [0.15, 0.2) is 36.4 Å². The van der Waals surface area contributed by atoms with E-state index in [9.17, 15) is 4.79 Å². The van der Waals surface area contributed by atoms with Crippen molar-refractivity contribution in [2.45, 2.75) is 12.5 Å². The fourth-order valence-corrected chi connectivity index (χ4v) is 3.65. The van der Waals surface area contributed by atoms with Gasteiger partial charge < -0.3 is 16.0 Å². The minimum atomic E-state index is 0.0260. The van der Waals surface area contributed by atoms with E-state index in [1.54, 1.807) is 0 Å². The van der Waals surface area contributed by atoms with Gasteiger partial charge in [-0.15, -0.1) is 0 Å². The zero-order chi connectivity index (χ0) is 14.4. The van der Waals surface area contributed by atoms with E-state index >= 15 is 0 Å². The van der Waals surface area contributed by atoms with E-state index in [0.29, 0.717) is 17.5 Å². The third-order valence-corrected chi connectivity index (χ3v) is 4.83. The second kappa shape index (κ2) is 4.74. The number of hydrogen-bond donors (Lipinski definition) is 2. The molecule has 0 aliphatic carbocycles. The molecule has 2 bridgehead atoms. The predicted octanol–water partition coefficient (Wildman–Crippen LogP) is 1.86. The number of amides is 1. The molecule has 2 aromatic rings. The number of piperidine rings is 1. The van der Waals surface area contributed by atoms with Crippen molar-refractivity contribution >= 4 is 22.4 Å². The number of rotatable bonds is 2. The molecule has 2 heterocycles. The first-order valence-electron chi connectivity index (χ1n) is 7.52. The monoisotopic (exact) mass is 281 g/mol. The molecule has 108 valence electrons. The molecule has 2 aliphatic heterocycles. The summed E-state index contributed by atoms with van der Waals surface area (Å²) >= 11 is 0. The average Bonchev–Trinajstić information content (AvgIpc) is 3.09. The molecule has 4 nitrogen and oxygen atoms in total. The molecular formula is C17H19N3O. The van der Waals surface area contributed by atoms with Gasteiger partial charge in [0.15, 0.2) is 0 Å². The van der Waals surface area contributed by atoms with Crippen LogP contribution in [0.2, 0.25) is 0 Å². The SMILES string of the molecule is Nc1cccc2cc(C(=O)NC3CN4CC[C@H]3C4)ccc12. The maximum absolute atomic E-state index is 12.4. The first-order valence-corrected chi connectivity index (χ1v) is 7.52. The number of benzene rings is 2. The summed E-state index contributed by atoms with van der Waals surface area (Å²) in [6.07, 6.45) is 1.21. The van der Waals surface area contributed by atoms with Gasteiger partial charge in [-0.05, 0) is 42.5 Å². The molecule has 3 atom stereocenters. The van der Waals surface area contributed by atoms with Crippen LogP contribution in [0.3, 0.4) is 0 Å². The van der Waals surface area contributed by atoms with Gasteiger partial charge in [-0.25, -0.2) is 0 Å². The number of anilines is 1. The molecule has 2 aliphatic rings. The highest BCUT2D eigenvalue weighted by Gasteiger charge is 2.38. The van der Waals surface area contributed by atoms with Gasteiger partial charge in [0.25, 0.3) is 5.91 Å². The van der Waals surface area contributed by atoms with Crippen molar-refractivity contribution in [1.82, 2.24) is 10.2 Å². The Hall–Kier alpha value is -2.07. The van der Waals surface area contributed by atoms with Crippen molar-refractivity contribution in [3.63, 3.8) is 0 Å². The summed E-state index contributed by atoms with van der Waals surface area (Å²) in [7, 11) is 0. The van der Waals surface area contributed by atoms with Crippen LogP contribution in [-0.4, -0.2) is 36.5 Å². The lowest BCUT2D eigenvalue weighted by atomic mass is 9.99. The summed E-state index contributed by atoms with van der Waals surface area (Å²) in [6, 6.07) is 11.8. The zero-order valence-corrected chi connectivity index (χ0v) is 11.9. The summed E-state index contributed by atoms with van der Waals surface area (Å²) in [4.78, 5) is 14.9. The highest BCUT2D eigenvalue weighted by atomic mass is 16.1. The summed E-state index contributed by atoms with van der Waals surface area (Å²) in [5, 5.41) is 5.21. The molecule has 2 unspecified atom stereocenters. The second-order valence-corrected chi connectivity index (χ2v) is 6.17. The van der Waals surface area contributed by atoms with Crippen molar-refractivity contribution in [1.29, 1.82) is 0 Å². The highest BCUT2D eigenvalue weighted by molar-refractivity contribution is 6.01. The fraction of sp³-hybridized carbons (Fsp3) is 0.353. The molecular weight excluding hydrogens is 262 g/mol. The molecule has 4 rings (SSSR count). The first kappa shape index (κ1) is 12.7. The van der Waals surface area contributed by atoms with Gasteiger partial charge in [-0.1, -0.05) is 18.2 Å². The van der Waals surface area contributed by atoms with E-state index < -0.39 is 0 Å². The number of nitrogen functional groups attached to an aromatic ring is 1. The van der Waals surface area contributed by atoms with E-state index in [0.717, 1.165) is 29.5 Å². The van der Waals surface area contributed by atoms with E-state index in [1.807, 2.05) is 36.4 Å². The number of nitrogens with one attached hydrogen (secondary N) is 1. The minimum Gasteiger partial charge on any atom is -0.398 e. The Morgan fingerprint density at radius 1 is 1.24 bits per heavy atom. The van der Waals surface area contributed by atoms with Crippen LogP contribution in [0.4, 0.5) is 5.69 Å². The van der Waals surface area contributed by atoms with Gasteiger partial charge in [-0.2, -0.15) is 0 Å². The number of carbonyl (C=O) groups excluding carboxylic acids is 1. The van der Waals surface area contributed by atoms with E-state index in [4.69, 9.17) is 5.73 Å². The maximum Gasteiger partial charge on any atom is 0.251 e. The third-order valence-electron chi connectivity index (χ3n) is 4.83. The lowest BCUT2D eigenvalue weighted by Crippen LogP contribution is -2.43. The lowest BCUT2D eigenvalue weighted by molar-refractivity contribution is 0.0924. The Kier molecular flexibility index (Phi) is 2.86. The molecule has 0 aromatic heterocycles. The van der Waals surface area contributed by atoms with E-state index in [2.05, 4.69) is 10.2 Å². The van der Waals surface area contributed by atoms with Gasteiger partial charge in [-0.3, -0.25) is 4.79 Å². The fourth-order valence-electron chi connectivity index (χ4n) is 3.65. The molecule has 0 radical (unpaired) electrons. The Morgan fingerprint density at radius 2 is 2.14 bits per heavy atom. The molecule has 21 heavy (non-hydrogen) atoms. The number of hydrogen-bond acceptors (Lipinski definition) is 3. The molecule has 0 saturated carbocycles. The number of nitrogens with two attached hydrogens (primary N) is 1. The molecule has 1 amide bonds. The van der Waals surface area contributed by atoms with Crippen molar-refractivity contribution < 1.29 is 4.79 Å². The Morgan fingerprint density at radius 3 is 2.90 bits per heavy atom. The summed E-state index contributed by atoms with van der Waals surface area (Å²) in [5.41, 5.74) is 7.41. The topological polar surface area (TPSA) is 58.4 Å². The van der Waals surface area contributed by atoms with Crippen LogP contribution in [0.1, 0.15) is 16.8 Å². The standard InChI is InChI=1S/C17H19N3O/c18-15-3-1-2-11-8-12(4-5-14(11)15)17(21)19-16-10-20-7-6-13(16)9-20/h1-5,8,13,16H,6-7,9-10,18H2,(H,19,21)/t13-,16?/m0/s1. The van der Waals surface area contributed by atoms with Crippen molar-refractivity contribution in [3.05, 3.63) is 42.0 Å². The van der Waals surface area contributed by atoms with Crippen molar-refractivity contribution in [2.75, 3.05) is 25.4 Å². The third kappa shape index (κ3) is 2.16. The number of nitrogens with zero attached hydrogens (tertiary/aromatic N) is 1. The van der Waals surface area contributed by atoms with Crippen LogP contribution in [-0.2, 0) is 0 Å². The van der Waals surface area contributed by atoms with Gasteiger partial charge in [0.05, 0.1) is 0 Å². The van der Waals surface area contributed by atoms with Crippen LogP contribution < -0.4 is 11.1 Å². The average molecular weight is 281 g/mol. The van der Waals surface area contributed by atoms with Crippen LogP contribution in [0, 0.1) is 5.92 Å². The Bertz CT molecular complexity index is 712. The quantitative estimate of drug-likeness (QED) is 0.826. The predicted molar refractivity (Wildman–Crippen MR) is 84.2 cm³/mol.